The van der Waals surface area contributed by atoms with Crippen molar-refractivity contribution in [2.45, 2.75) is 32.6 Å². The van der Waals surface area contributed by atoms with E-state index in [-0.39, 0.29) is 24.5 Å². The summed E-state index contributed by atoms with van der Waals surface area (Å²) >= 11 is 0. The van der Waals surface area contributed by atoms with Crippen LogP contribution in [-0.2, 0) is 17.6 Å². The SMILES string of the molecule is CCc1ccc(C(=O)CCC(=O)NCCc2ccccc2OC)cc1. The van der Waals surface area contributed by atoms with Gasteiger partial charge in [-0.3, -0.25) is 9.59 Å². The van der Waals surface area contributed by atoms with Crippen molar-refractivity contribution in [3.63, 3.8) is 0 Å². The minimum Gasteiger partial charge on any atom is -0.496 e. The van der Waals surface area contributed by atoms with Crippen molar-refractivity contribution in [3.05, 3.63) is 65.2 Å². The summed E-state index contributed by atoms with van der Waals surface area (Å²) in [5.74, 6) is 0.721. The molecule has 1 amide bonds. The Morgan fingerprint density at radius 1 is 1.00 bits per heavy atom. The molecule has 0 heterocycles. The van der Waals surface area contributed by atoms with Crippen LogP contribution in [0.1, 0.15) is 41.3 Å². The van der Waals surface area contributed by atoms with E-state index >= 15 is 0 Å². The summed E-state index contributed by atoms with van der Waals surface area (Å²) in [4.78, 5) is 24.1. The highest BCUT2D eigenvalue weighted by atomic mass is 16.5. The number of amides is 1. The molecule has 0 aliphatic heterocycles. The average Bonchev–Trinajstić information content (AvgIpc) is 2.66. The topological polar surface area (TPSA) is 55.4 Å². The molecule has 0 atom stereocenters. The number of methoxy groups -OCH3 is 1. The molecule has 0 unspecified atom stereocenters. The third kappa shape index (κ3) is 5.75. The Labute approximate surface area is 149 Å². The summed E-state index contributed by atoms with van der Waals surface area (Å²) in [5.41, 5.74) is 2.92. The summed E-state index contributed by atoms with van der Waals surface area (Å²) < 4.78 is 5.29. The Morgan fingerprint density at radius 3 is 2.40 bits per heavy atom. The molecule has 2 aromatic rings. The van der Waals surface area contributed by atoms with Crippen molar-refractivity contribution >= 4 is 11.7 Å². The maximum absolute atomic E-state index is 12.1. The number of hydrogen-bond donors (Lipinski definition) is 1. The van der Waals surface area contributed by atoms with Crippen LogP contribution in [0.15, 0.2) is 48.5 Å². The molecule has 0 radical (unpaired) electrons. The van der Waals surface area contributed by atoms with Crippen LogP contribution in [-0.4, -0.2) is 25.3 Å². The van der Waals surface area contributed by atoms with Gasteiger partial charge in [-0.05, 0) is 30.0 Å². The first-order valence-corrected chi connectivity index (χ1v) is 8.64. The molecule has 132 valence electrons. The number of para-hydroxylation sites is 1. The summed E-state index contributed by atoms with van der Waals surface area (Å²) in [7, 11) is 1.63. The largest absolute Gasteiger partial charge is 0.496 e. The van der Waals surface area contributed by atoms with Crippen molar-refractivity contribution < 1.29 is 14.3 Å². The van der Waals surface area contributed by atoms with Crippen LogP contribution >= 0.6 is 0 Å². The molecule has 1 N–H and O–H groups in total. The van der Waals surface area contributed by atoms with E-state index in [9.17, 15) is 9.59 Å². The van der Waals surface area contributed by atoms with Crippen molar-refractivity contribution in [1.82, 2.24) is 5.32 Å². The van der Waals surface area contributed by atoms with Gasteiger partial charge >= 0.3 is 0 Å². The smallest absolute Gasteiger partial charge is 0.220 e. The summed E-state index contributed by atoms with van der Waals surface area (Å²) in [6, 6.07) is 15.3. The highest BCUT2D eigenvalue weighted by molar-refractivity contribution is 5.97. The van der Waals surface area contributed by atoms with Gasteiger partial charge < -0.3 is 10.1 Å². The predicted octanol–water partition coefficient (Wildman–Crippen LogP) is 3.58. The van der Waals surface area contributed by atoms with Gasteiger partial charge in [-0.2, -0.15) is 0 Å². The molecule has 0 aliphatic rings. The molecule has 4 nitrogen and oxygen atoms in total. The van der Waals surface area contributed by atoms with Crippen molar-refractivity contribution in [2.75, 3.05) is 13.7 Å². The standard InChI is InChI=1S/C21H25NO3/c1-3-16-8-10-17(11-9-16)19(23)12-13-21(24)22-15-14-18-6-4-5-7-20(18)25-2/h4-11H,3,12-15H2,1-2H3,(H,22,24). The molecule has 0 saturated heterocycles. The maximum atomic E-state index is 12.1. The number of carbonyl (C=O) groups is 2. The zero-order valence-electron chi connectivity index (χ0n) is 14.9. The van der Waals surface area contributed by atoms with Gasteiger partial charge in [-0.25, -0.2) is 0 Å². The van der Waals surface area contributed by atoms with E-state index in [4.69, 9.17) is 4.74 Å². The third-order valence-electron chi connectivity index (χ3n) is 4.17. The Morgan fingerprint density at radius 2 is 1.72 bits per heavy atom. The van der Waals surface area contributed by atoms with Gasteiger partial charge in [-0.15, -0.1) is 0 Å². The van der Waals surface area contributed by atoms with E-state index in [1.807, 2.05) is 48.5 Å². The van der Waals surface area contributed by atoms with Crippen LogP contribution in [0.5, 0.6) is 5.75 Å². The quantitative estimate of drug-likeness (QED) is 0.711. The number of aryl methyl sites for hydroxylation is 1. The number of nitrogens with one attached hydrogen (secondary N) is 1. The Kier molecular flexibility index (Phi) is 7.20. The van der Waals surface area contributed by atoms with E-state index in [1.165, 1.54) is 5.56 Å². The summed E-state index contributed by atoms with van der Waals surface area (Å²) in [6.07, 6.45) is 2.08. The van der Waals surface area contributed by atoms with E-state index < -0.39 is 0 Å². The molecular weight excluding hydrogens is 314 g/mol. The molecule has 0 saturated carbocycles. The average molecular weight is 339 g/mol. The number of carbonyl (C=O) groups excluding carboxylic acids is 2. The maximum Gasteiger partial charge on any atom is 0.220 e. The van der Waals surface area contributed by atoms with Crippen LogP contribution in [0.2, 0.25) is 0 Å². The molecule has 0 fully saturated rings. The number of benzene rings is 2. The number of ether oxygens (including phenoxy) is 1. The lowest BCUT2D eigenvalue weighted by Gasteiger charge is -2.09. The molecule has 0 aliphatic carbocycles. The highest BCUT2D eigenvalue weighted by Crippen LogP contribution is 2.17. The van der Waals surface area contributed by atoms with Crippen LogP contribution < -0.4 is 10.1 Å². The summed E-state index contributed by atoms with van der Waals surface area (Å²) in [6.45, 7) is 2.60. The van der Waals surface area contributed by atoms with Crippen molar-refractivity contribution in [3.8, 4) is 5.75 Å². The monoisotopic (exact) mass is 339 g/mol. The third-order valence-corrected chi connectivity index (χ3v) is 4.17. The zero-order chi connectivity index (χ0) is 18.1. The second-order valence-electron chi connectivity index (χ2n) is 5.89. The number of hydrogen-bond acceptors (Lipinski definition) is 3. The summed E-state index contributed by atoms with van der Waals surface area (Å²) in [5, 5.41) is 2.86. The number of Topliss-reactive ketones (excluding diaryl/α,β-unsaturated/α-hetero) is 1. The lowest BCUT2D eigenvalue weighted by Crippen LogP contribution is -2.26. The van der Waals surface area contributed by atoms with E-state index in [2.05, 4.69) is 12.2 Å². The lowest BCUT2D eigenvalue weighted by molar-refractivity contribution is -0.121. The first kappa shape index (κ1) is 18.7. The van der Waals surface area contributed by atoms with Crippen LogP contribution in [0.3, 0.4) is 0 Å². The van der Waals surface area contributed by atoms with Gasteiger partial charge in [0.1, 0.15) is 5.75 Å². The number of ketones is 1. The van der Waals surface area contributed by atoms with Crippen LogP contribution in [0.25, 0.3) is 0 Å². The van der Waals surface area contributed by atoms with E-state index in [0.29, 0.717) is 18.5 Å². The van der Waals surface area contributed by atoms with Crippen LogP contribution in [0, 0.1) is 0 Å². The minimum absolute atomic E-state index is 0.00234. The number of rotatable bonds is 9. The Hall–Kier alpha value is -2.62. The fourth-order valence-electron chi connectivity index (χ4n) is 2.63. The first-order chi connectivity index (χ1) is 12.1. The minimum atomic E-state index is -0.103. The van der Waals surface area contributed by atoms with Gasteiger partial charge in [-0.1, -0.05) is 49.4 Å². The molecule has 25 heavy (non-hydrogen) atoms. The fourth-order valence-corrected chi connectivity index (χ4v) is 2.63. The molecule has 4 heteroatoms. The van der Waals surface area contributed by atoms with Gasteiger partial charge in [0.05, 0.1) is 7.11 Å². The molecule has 2 rings (SSSR count). The molecule has 2 aromatic carbocycles. The molecule has 0 aromatic heterocycles. The van der Waals surface area contributed by atoms with Crippen LogP contribution in [0.4, 0.5) is 0 Å². The van der Waals surface area contributed by atoms with Gasteiger partial charge in [0.2, 0.25) is 5.91 Å². The second-order valence-corrected chi connectivity index (χ2v) is 5.89. The Balaban J connectivity index is 1.73. The molecule has 0 bridgehead atoms. The lowest BCUT2D eigenvalue weighted by atomic mass is 10.0. The van der Waals surface area contributed by atoms with Crippen molar-refractivity contribution in [1.29, 1.82) is 0 Å². The van der Waals surface area contributed by atoms with Crippen molar-refractivity contribution in [2.24, 2.45) is 0 Å². The molecular formula is C21H25NO3. The van der Waals surface area contributed by atoms with Gasteiger partial charge in [0.15, 0.2) is 5.78 Å². The van der Waals surface area contributed by atoms with Gasteiger partial charge in [0.25, 0.3) is 0 Å². The highest BCUT2D eigenvalue weighted by Gasteiger charge is 2.09. The Bertz CT molecular complexity index is 707. The van der Waals surface area contributed by atoms with Gasteiger partial charge in [0, 0.05) is 24.9 Å². The first-order valence-electron chi connectivity index (χ1n) is 8.64. The van der Waals surface area contributed by atoms with E-state index in [1.54, 1.807) is 7.11 Å². The second kappa shape index (κ2) is 9.62. The predicted molar refractivity (Wildman–Crippen MR) is 99.1 cm³/mol. The molecule has 0 spiro atoms. The normalized spacial score (nSPS) is 10.3. The van der Waals surface area contributed by atoms with E-state index in [0.717, 1.165) is 17.7 Å². The fraction of sp³-hybridized carbons (Fsp3) is 0.333. The zero-order valence-corrected chi connectivity index (χ0v) is 14.9.